The van der Waals surface area contributed by atoms with Crippen molar-refractivity contribution in [2.75, 3.05) is 13.7 Å². The van der Waals surface area contributed by atoms with Crippen molar-refractivity contribution in [2.24, 2.45) is 5.73 Å². The number of rotatable bonds is 4. The van der Waals surface area contributed by atoms with E-state index in [1.807, 2.05) is 12.1 Å². The molecule has 0 fully saturated rings. The Morgan fingerprint density at radius 3 is 2.89 bits per heavy atom. The van der Waals surface area contributed by atoms with Gasteiger partial charge in [-0.25, -0.2) is 4.98 Å². The summed E-state index contributed by atoms with van der Waals surface area (Å²) in [5.74, 6) is 0.848. The molecule has 0 saturated carbocycles. The van der Waals surface area contributed by atoms with Gasteiger partial charge < -0.3 is 10.5 Å². The number of aryl methyl sites for hydroxylation is 1. The smallest absolute Gasteiger partial charge is 0.129 e. The minimum absolute atomic E-state index is 0.604. The van der Waals surface area contributed by atoms with Crippen LogP contribution in [0.25, 0.3) is 10.6 Å². The molecule has 1 aromatic carbocycles. The molecule has 96 valence electrons. The summed E-state index contributed by atoms with van der Waals surface area (Å²) in [5, 5.41) is 0.964. The molecule has 0 atom stereocenters. The third-order valence-electron chi connectivity index (χ3n) is 2.62. The molecule has 0 unspecified atom stereocenters. The lowest BCUT2D eigenvalue weighted by molar-refractivity contribution is 0.416. The first-order chi connectivity index (χ1) is 8.65. The van der Waals surface area contributed by atoms with E-state index in [2.05, 4.69) is 33.9 Å². The third-order valence-corrected chi connectivity index (χ3v) is 4.48. The molecule has 5 heteroatoms. The first-order valence-electron chi connectivity index (χ1n) is 5.66. The van der Waals surface area contributed by atoms with Crippen LogP contribution in [-0.2, 0) is 6.42 Å². The SMILES string of the molecule is COc1ccc(C)cc1-c1nc(CCN)c(Br)s1. The maximum absolute atomic E-state index is 5.58. The van der Waals surface area contributed by atoms with Gasteiger partial charge in [0, 0.05) is 6.42 Å². The van der Waals surface area contributed by atoms with Crippen molar-refractivity contribution in [2.45, 2.75) is 13.3 Å². The number of ether oxygens (including phenoxy) is 1. The van der Waals surface area contributed by atoms with Crippen LogP contribution >= 0.6 is 27.3 Å². The van der Waals surface area contributed by atoms with E-state index in [1.54, 1.807) is 18.4 Å². The van der Waals surface area contributed by atoms with Gasteiger partial charge in [-0.3, -0.25) is 0 Å². The molecule has 0 saturated heterocycles. The van der Waals surface area contributed by atoms with Crippen LogP contribution in [0.4, 0.5) is 0 Å². The van der Waals surface area contributed by atoms with Crippen LogP contribution in [0.5, 0.6) is 5.75 Å². The molecule has 1 heterocycles. The normalized spacial score (nSPS) is 10.7. The Morgan fingerprint density at radius 1 is 1.44 bits per heavy atom. The largest absolute Gasteiger partial charge is 0.496 e. The van der Waals surface area contributed by atoms with Crippen molar-refractivity contribution in [1.29, 1.82) is 0 Å². The zero-order valence-electron chi connectivity index (χ0n) is 10.4. The average Bonchev–Trinajstić information content (AvgIpc) is 2.71. The van der Waals surface area contributed by atoms with E-state index >= 15 is 0 Å². The van der Waals surface area contributed by atoms with Crippen molar-refractivity contribution in [3.05, 3.63) is 33.2 Å². The number of benzene rings is 1. The van der Waals surface area contributed by atoms with Gasteiger partial charge in [-0.1, -0.05) is 11.6 Å². The van der Waals surface area contributed by atoms with Crippen molar-refractivity contribution in [3.8, 4) is 16.3 Å². The molecule has 0 aliphatic rings. The minimum Gasteiger partial charge on any atom is -0.496 e. The summed E-state index contributed by atoms with van der Waals surface area (Å²) in [4.78, 5) is 4.63. The van der Waals surface area contributed by atoms with Gasteiger partial charge >= 0.3 is 0 Å². The first-order valence-corrected chi connectivity index (χ1v) is 7.27. The molecule has 1 aromatic heterocycles. The predicted octanol–water partition coefficient (Wildman–Crippen LogP) is 3.39. The molecular weight excluding hydrogens is 312 g/mol. The van der Waals surface area contributed by atoms with Gasteiger partial charge in [-0.2, -0.15) is 0 Å². The highest BCUT2D eigenvalue weighted by Gasteiger charge is 2.13. The summed E-state index contributed by atoms with van der Waals surface area (Å²) in [6, 6.07) is 6.10. The van der Waals surface area contributed by atoms with Crippen LogP contribution in [0.15, 0.2) is 22.0 Å². The van der Waals surface area contributed by atoms with Crippen LogP contribution < -0.4 is 10.5 Å². The zero-order chi connectivity index (χ0) is 13.1. The number of nitrogens with two attached hydrogens (primary N) is 1. The van der Waals surface area contributed by atoms with Crippen molar-refractivity contribution >= 4 is 27.3 Å². The van der Waals surface area contributed by atoms with Gasteiger partial charge in [0.05, 0.1) is 22.2 Å². The summed E-state index contributed by atoms with van der Waals surface area (Å²) in [7, 11) is 1.68. The van der Waals surface area contributed by atoms with Gasteiger partial charge in [-0.15, -0.1) is 11.3 Å². The molecule has 2 N–H and O–H groups in total. The van der Waals surface area contributed by atoms with E-state index in [9.17, 15) is 0 Å². The number of hydrogen-bond acceptors (Lipinski definition) is 4. The lowest BCUT2D eigenvalue weighted by Crippen LogP contribution is -2.03. The van der Waals surface area contributed by atoms with Gasteiger partial charge in [0.2, 0.25) is 0 Å². The van der Waals surface area contributed by atoms with Crippen LogP contribution in [0.3, 0.4) is 0 Å². The monoisotopic (exact) mass is 326 g/mol. The highest BCUT2D eigenvalue weighted by Crippen LogP contribution is 2.37. The Kier molecular flexibility index (Phi) is 4.37. The van der Waals surface area contributed by atoms with E-state index in [1.165, 1.54) is 5.56 Å². The summed E-state index contributed by atoms with van der Waals surface area (Å²) < 4.78 is 6.44. The summed E-state index contributed by atoms with van der Waals surface area (Å²) >= 11 is 5.16. The Hall–Kier alpha value is -0.910. The van der Waals surface area contributed by atoms with Crippen molar-refractivity contribution < 1.29 is 4.74 Å². The van der Waals surface area contributed by atoms with E-state index in [4.69, 9.17) is 10.5 Å². The number of aromatic nitrogens is 1. The van der Waals surface area contributed by atoms with Gasteiger partial charge in [0.15, 0.2) is 0 Å². The minimum atomic E-state index is 0.604. The van der Waals surface area contributed by atoms with E-state index in [0.717, 1.165) is 32.2 Å². The topological polar surface area (TPSA) is 48.1 Å². The van der Waals surface area contributed by atoms with Crippen LogP contribution in [0.1, 0.15) is 11.3 Å². The molecule has 2 aromatic rings. The summed E-state index contributed by atoms with van der Waals surface area (Å²) in [5.41, 5.74) is 8.82. The fraction of sp³-hybridized carbons (Fsp3) is 0.308. The standard InChI is InChI=1S/C13H15BrN2OS/c1-8-3-4-11(17-2)9(7-8)13-16-10(5-6-15)12(14)18-13/h3-4,7H,5-6,15H2,1-2H3. The Morgan fingerprint density at radius 2 is 2.22 bits per heavy atom. The fourth-order valence-corrected chi connectivity index (χ4v) is 3.34. The van der Waals surface area contributed by atoms with Crippen LogP contribution in [0.2, 0.25) is 0 Å². The number of hydrogen-bond donors (Lipinski definition) is 1. The molecule has 3 nitrogen and oxygen atoms in total. The molecule has 0 amide bonds. The Labute approximate surface area is 119 Å². The number of methoxy groups -OCH3 is 1. The lowest BCUT2D eigenvalue weighted by atomic mass is 10.1. The summed E-state index contributed by atoms with van der Waals surface area (Å²) in [6.45, 7) is 2.67. The predicted molar refractivity (Wildman–Crippen MR) is 79.3 cm³/mol. The molecular formula is C13H15BrN2OS. The van der Waals surface area contributed by atoms with Gasteiger partial charge in [-0.05, 0) is 41.5 Å². The van der Waals surface area contributed by atoms with Gasteiger partial charge in [0.1, 0.15) is 10.8 Å². The quantitative estimate of drug-likeness (QED) is 0.936. The number of nitrogens with zero attached hydrogens (tertiary/aromatic N) is 1. The van der Waals surface area contributed by atoms with Crippen molar-refractivity contribution in [1.82, 2.24) is 4.98 Å². The molecule has 2 rings (SSSR count). The van der Waals surface area contributed by atoms with Crippen LogP contribution in [-0.4, -0.2) is 18.6 Å². The van der Waals surface area contributed by atoms with E-state index in [-0.39, 0.29) is 0 Å². The second kappa shape index (κ2) is 5.82. The Balaban J connectivity index is 2.47. The third kappa shape index (κ3) is 2.74. The first kappa shape index (κ1) is 13.5. The second-order valence-corrected chi connectivity index (χ2v) is 6.30. The number of thiazole rings is 1. The molecule has 0 aliphatic heterocycles. The van der Waals surface area contributed by atoms with Crippen LogP contribution in [0, 0.1) is 6.92 Å². The van der Waals surface area contributed by atoms with Gasteiger partial charge in [0.25, 0.3) is 0 Å². The molecule has 0 aliphatic carbocycles. The Bertz CT molecular complexity index is 554. The maximum atomic E-state index is 5.58. The molecule has 0 spiro atoms. The molecule has 0 radical (unpaired) electrons. The second-order valence-electron chi connectivity index (χ2n) is 3.98. The van der Waals surface area contributed by atoms with E-state index in [0.29, 0.717) is 6.54 Å². The number of halogens is 1. The summed E-state index contributed by atoms with van der Waals surface area (Å²) in [6.07, 6.45) is 0.783. The molecule has 0 bridgehead atoms. The highest BCUT2D eigenvalue weighted by molar-refractivity contribution is 9.11. The zero-order valence-corrected chi connectivity index (χ0v) is 12.8. The highest BCUT2D eigenvalue weighted by atomic mass is 79.9. The molecule has 18 heavy (non-hydrogen) atoms. The average molecular weight is 327 g/mol. The maximum Gasteiger partial charge on any atom is 0.129 e. The van der Waals surface area contributed by atoms with E-state index < -0.39 is 0 Å². The lowest BCUT2D eigenvalue weighted by Gasteiger charge is -2.06. The fourth-order valence-electron chi connectivity index (χ4n) is 1.73. The van der Waals surface area contributed by atoms with Crippen molar-refractivity contribution in [3.63, 3.8) is 0 Å².